The molecule has 31 heavy (non-hydrogen) atoms. The average Bonchev–Trinajstić information content (AvgIpc) is 2.82. The normalized spacial score (nSPS) is 23.3. The van der Waals surface area contributed by atoms with Crippen molar-refractivity contribution < 1.29 is 14.3 Å². The second kappa shape index (κ2) is 10.4. The number of amides is 1. The molecule has 1 aromatic rings. The third-order valence-electron chi connectivity index (χ3n) is 7.77. The lowest BCUT2D eigenvalue weighted by Gasteiger charge is -2.35. The first kappa shape index (κ1) is 22.6. The van der Waals surface area contributed by atoms with E-state index in [9.17, 15) is 4.79 Å². The Labute approximate surface area is 188 Å². The fraction of sp³-hybridized carbons (Fsp3) is 0.731. The molecule has 2 aliphatic heterocycles. The van der Waals surface area contributed by atoms with E-state index in [2.05, 4.69) is 36.6 Å². The number of fused-ring (bicyclic) bond motifs is 1. The van der Waals surface area contributed by atoms with Gasteiger partial charge in [-0.2, -0.15) is 0 Å². The monoisotopic (exact) mass is 428 g/mol. The van der Waals surface area contributed by atoms with Gasteiger partial charge in [0.1, 0.15) is 12.4 Å². The molecule has 5 heteroatoms. The Bertz CT molecular complexity index is 766. The minimum Gasteiger partial charge on any atom is -0.492 e. The van der Waals surface area contributed by atoms with Crippen LogP contribution >= 0.6 is 0 Å². The number of benzene rings is 1. The zero-order valence-electron chi connectivity index (χ0n) is 19.8. The van der Waals surface area contributed by atoms with Crippen LogP contribution in [0, 0.1) is 25.7 Å². The zero-order valence-corrected chi connectivity index (χ0v) is 19.8. The van der Waals surface area contributed by atoms with Crippen LogP contribution in [0.15, 0.2) is 6.07 Å². The van der Waals surface area contributed by atoms with E-state index in [-0.39, 0.29) is 5.92 Å². The summed E-state index contributed by atoms with van der Waals surface area (Å²) in [4.78, 5) is 17.6. The molecule has 2 fully saturated rings. The lowest BCUT2D eigenvalue weighted by atomic mass is 9.74. The molecule has 0 bridgehead atoms. The summed E-state index contributed by atoms with van der Waals surface area (Å²) < 4.78 is 11.7. The predicted octanol–water partition coefficient (Wildman–Crippen LogP) is 3.77. The van der Waals surface area contributed by atoms with Crippen molar-refractivity contribution in [3.05, 3.63) is 28.3 Å². The van der Waals surface area contributed by atoms with E-state index >= 15 is 0 Å². The third kappa shape index (κ3) is 5.25. The maximum absolute atomic E-state index is 13.1. The van der Waals surface area contributed by atoms with Crippen LogP contribution < -0.4 is 4.74 Å². The summed E-state index contributed by atoms with van der Waals surface area (Å²) in [5.41, 5.74) is 5.56. The van der Waals surface area contributed by atoms with Crippen molar-refractivity contribution >= 4 is 5.91 Å². The van der Waals surface area contributed by atoms with Crippen LogP contribution in [-0.4, -0.2) is 68.3 Å². The predicted molar refractivity (Wildman–Crippen MR) is 124 cm³/mol. The molecular formula is C26H40N2O3. The second-order valence-electron chi connectivity index (χ2n) is 9.75. The van der Waals surface area contributed by atoms with Crippen LogP contribution in [0.1, 0.15) is 54.9 Å². The summed E-state index contributed by atoms with van der Waals surface area (Å²) in [6.45, 7) is 13.8. The van der Waals surface area contributed by atoms with Gasteiger partial charge in [-0.15, -0.1) is 0 Å². The molecule has 0 aromatic heterocycles. The molecule has 0 saturated carbocycles. The lowest BCUT2D eigenvalue weighted by molar-refractivity contribution is -0.137. The highest BCUT2D eigenvalue weighted by molar-refractivity contribution is 5.79. The van der Waals surface area contributed by atoms with Gasteiger partial charge in [-0.05, 0) is 86.6 Å². The molecule has 4 rings (SSSR count). The van der Waals surface area contributed by atoms with Crippen molar-refractivity contribution in [1.29, 1.82) is 0 Å². The van der Waals surface area contributed by atoms with Crippen LogP contribution in [-0.2, 0) is 22.4 Å². The smallest absolute Gasteiger partial charge is 0.225 e. The number of morpholine rings is 1. The highest BCUT2D eigenvalue weighted by atomic mass is 16.5. The first-order chi connectivity index (χ1) is 15.0. The fourth-order valence-corrected chi connectivity index (χ4v) is 5.61. The van der Waals surface area contributed by atoms with Crippen LogP contribution in [0.4, 0.5) is 0 Å². The summed E-state index contributed by atoms with van der Waals surface area (Å²) in [6, 6.07) is 2.23. The van der Waals surface area contributed by atoms with E-state index < -0.39 is 0 Å². The van der Waals surface area contributed by atoms with Crippen LogP contribution in [0.5, 0.6) is 5.75 Å². The van der Waals surface area contributed by atoms with Crippen molar-refractivity contribution in [3.8, 4) is 5.75 Å². The first-order valence-corrected chi connectivity index (χ1v) is 12.4. The Morgan fingerprint density at radius 1 is 1.13 bits per heavy atom. The van der Waals surface area contributed by atoms with E-state index in [1.54, 1.807) is 0 Å². The molecule has 2 atom stereocenters. The number of nitrogens with zero attached hydrogens (tertiary/aromatic N) is 2. The summed E-state index contributed by atoms with van der Waals surface area (Å²) in [5.74, 6) is 1.95. The van der Waals surface area contributed by atoms with Gasteiger partial charge in [0.25, 0.3) is 0 Å². The van der Waals surface area contributed by atoms with E-state index in [4.69, 9.17) is 9.47 Å². The van der Waals surface area contributed by atoms with Crippen LogP contribution in [0.25, 0.3) is 0 Å². The molecule has 2 heterocycles. The minimum atomic E-state index is 0.108. The molecule has 0 spiro atoms. The average molecular weight is 429 g/mol. The lowest BCUT2D eigenvalue weighted by Crippen LogP contribution is -2.42. The number of likely N-dealkylation sites (tertiary alicyclic amines) is 1. The third-order valence-corrected chi connectivity index (χ3v) is 7.77. The van der Waals surface area contributed by atoms with Gasteiger partial charge in [0.2, 0.25) is 5.91 Å². The molecule has 0 N–H and O–H groups in total. The van der Waals surface area contributed by atoms with E-state index in [1.165, 1.54) is 28.7 Å². The number of rotatable bonds is 6. The Hall–Kier alpha value is -1.59. The Morgan fingerprint density at radius 3 is 2.61 bits per heavy atom. The number of carbonyl (C=O) groups is 1. The van der Waals surface area contributed by atoms with Gasteiger partial charge in [-0.25, -0.2) is 0 Å². The molecule has 1 aliphatic carbocycles. The van der Waals surface area contributed by atoms with Gasteiger partial charge < -0.3 is 14.4 Å². The van der Waals surface area contributed by atoms with Gasteiger partial charge in [0.05, 0.1) is 13.2 Å². The largest absolute Gasteiger partial charge is 0.492 e. The number of ether oxygens (including phenoxy) is 2. The summed E-state index contributed by atoms with van der Waals surface area (Å²) in [7, 11) is 0. The van der Waals surface area contributed by atoms with Gasteiger partial charge in [-0.1, -0.05) is 6.92 Å². The topological polar surface area (TPSA) is 42.0 Å². The molecule has 172 valence electrons. The summed E-state index contributed by atoms with van der Waals surface area (Å²) in [6.07, 6.45) is 6.79. The van der Waals surface area contributed by atoms with Crippen molar-refractivity contribution in [2.45, 2.75) is 59.3 Å². The molecule has 1 aromatic carbocycles. The highest BCUT2D eigenvalue weighted by Crippen LogP contribution is 2.38. The number of aryl methyl sites for hydroxylation is 1. The van der Waals surface area contributed by atoms with Gasteiger partial charge in [0.15, 0.2) is 0 Å². The Balaban J connectivity index is 1.41. The zero-order chi connectivity index (χ0) is 21.8. The standard InChI is InChI=1S/C26H40N2O3/c1-19-17-25(31-16-13-27-11-14-30-15-12-27)21(3)24-18-22(7-8-23(19)24)20(2)26(29)28-9-5-4-6-10-28/h17,20,22H,4-16,18H2,1-3H3. The SMILES string of the molecule is Cc1cc(OCCN2CCOCC2)c(C)c2c1CCC(C(C)C(=O)N1CCCCC1)C2. The molecule has 2 unspecified atom stereocenters. The van der Waals surface area contributed by atoms with Crippen molar-refractivity contribution in [2.24, 2.45) is 11.8 Å². The molecule has 2 saturated heterocycles. The molecule has 0 radical (unpaired) electrons. The molecule has 3 aliphatic rings. The Morgan fingerprint density at radius 2 is 1.87 bits per heavy atom. The second-order valence-corrected chi connectivity index (χ2v) is 9.75. The van der Waals surface area contributed by atoms with Crippen molar-refractivity contribution in [1.82, 2.24) is 9.80 Å². The molecule has 5 nitrogen and oxygen atoms in total. The number of hydrogen-bond acceptors (Lipinski definition) is 4. The van der Waals surface area contributed by atoms with Gasteiger partial charge >= 0.3 is 0 Å². The Kier molecular flexibility index (Phi) is 7.55. The minimum absolute atomic E-state index is 0.108. The number of carbonyl (C=O) groups excluding carboxylic acids is 1. The quantitative estimate of drug-likeness (QED) is 0.692. The number of hydrogen-bond donors (Lipinski definition) is 0. The maximum Gasteiger partial charge on any atom is 0.225 e. The van der Waals surface area contributed by atoms with Crippen molar-refractivity contribution in [3.63, 3.8) is 0 Å². The van der Waals surface area contributed by atoms with Crippen LogP contribution in [0.2, 0.25) is 0 Å². The maximum atomic E-state index is 13.1. The van der Waals surface area contributed by atoms with E-state index in [0.717, 1.165) is 83.8 Å². The fourth-order valence-electron chi connectivity index (χ4n) is 5.61. The highest BCUT2D eigenvalue weighted by Gasteiger charge is 2.32. The van der Waals surface area contributed by atoms with Gasteiger partial charge in [0, 0.05) is 38.6 Å². The number of piperidine rings is 1. The summed E-state index contributed by atoms with van der Waals surface area (Å²) in [5, 5.41) is 0. The summed E-state index contributed by atoms with van der Waals surface area (Å²) >= 11 is 0. The van der Waals surface area contributed by atoms with E-state index in [0.29, 0.717) is 18.4 Å². The van der Waals surface area contributed by atoms with Crippen LogP contribution in [0.3, 0.4) is 0 Å². The first-order valence-electron chi connectivity index (χ1n) is 12.4. The van der Waals surface area contributed by atoms with Crippen molar-refractivity contribution in [2.75, 3.05) is 52.5 Å². The molecular weight excluding hydrogens is 388 g/mol. The molecule has 1 amide bonds. The van der Waals surface area contributed by atoms with E-state index in [1.807, 2.05) is 0 Å². The van der Waals surface area contributed by atoms with Gasteiger partial charge in [-0.3, -0.25) is 9.69 Å².